The lowest BCUT2D eigenvalue weighted by atomic mass is 10.0. The van der Waals surface area contributed by atoms with Gasteiger partial charge in [0.25, 0.3) is 0 Å². The van der Waals surface area contributed by atoms with Gasteiger partial charge in [-0.2, -0.15) is 0 Å². The fourth-order valence-corrected chi connectivity index (χ4v) is 2.87. The van der Waals surface area contributed by atoms with Crippen molar-refractivity contribution in [3.05, 3.63) is 64.8 Å². The highest BCUT2D eigenvalue weighted by Crippen LogP contribution is 2.26. The van der Waals surface area contributed by atoms with Crippen molar-refractivity contribution in [3.63, 3.8) is 0 Å². The van der Waals surface area contributed by atoms with Crippen molar-refractivity contribution in [2.75, 3.05) is 12.4 Å². The Kier molecular flexibility index (Phi) is 4.20. The van der Waals surface area contributed by atoms with E-state index in [0.29, 0.717) is 6.61 Å². The van der Waals surface area contributed by atoms with Gasteiger partial charge in [0.2, 0.25) is 0 Å². The molecular formula is C20H22N2O. The Labute approximate surface area is 137 Å². The minimum absolute atomic E-state index is 0.550. The molecule has 0 radical (unpaired) electrons. The zero-order valence-electron chi connectivity index (χ0n) is 14.1. The number of fused-ring (bicyclic) bond motifs is 1. The van der Waals surface area contributed by atoms with E-state index in [1.165, 1.54) is 16.7 Å². The summed E-state index contributed by atoms with van der Waals surface area (Å²) in [5, 5.41) is 4.33. The van der Waals surface area contributed by atoms with E-state index in [9.17, 15) is 0 Å². The molecule has 0 saturated heterocycles. The standard InChI is InChI=1S/C20H22N2O/c1-13-9-10-18(21-4)14(2)17(13)12-23-20-11-16-7-5-6-8-19(16)22-15(20)3/h5-11,21H,12H2,1-4H3. The van der Waals surface area contributed by atoms with Gasteiger partial charge in [0.15, 0.2) is 0 Å². The Morgan fingerprint density at radius 3 is 2.61 bits per heavy atom. The van der Waals surface area contributed by atoms with E-state index in [0.717, 1.165) is 28.0 Å². The van der Waals surface area contributed by atoms with Crippen LogP contribution in [0, 0.1) is 20.8 Å². The van der Waals surface area contributed by atoms with Gasteiger partial charge in [-0.1, -0.05) is 24.3 Å². The smallest absolute Gasteiger partial charge is 0.141 e. The molecule has 0 spiro atoms. The predicted octanol–water partition coefficient (Wildman–Crippen LogP) is 4.78. The van der Waals surface area contributed by atoms with Gasteiger partial charge >= 0.3 is 0 Å². The van der Waals surface area contributed by atoms with Crippen molar-refractivity contribution in [2.45, 2.75) is 27.4 Å². The summed E-state index contributed by atoms with van der Waals surface area (Å²) in [6, 6.07) is 14.4. The largest absolute Gasteiger partial charge is 0.487 e. The normalized spacial score (nSPS) is 10.8. The van der Waals surface area contributed by atoms with Crippen LogP contribution in [0.4, 0.5) is 5.69 Å². The third-order valence-corrected chi connectivity index (χ3v) is 4.34. The maximum absolute atomic E-state index is 6.10. The maximum Gasteiger partial charge on any atom is 0.141 e. The summed E-state index contributed by atoms with van der Waals surface area (Å²) in [4.78, 5) is 4.63. The highest BCUT2D eigenvalue weighted by atomic mass is 16.5. The van der Waals surface area contributed by atoms with Crippen LogP contribution in [0.3, 0.4) is 0 Å². The Balaban J connectivity index is 1.91. The molecule has 3 heteroatoms. The topological polar surface area (TPSA) is 34.1 Å². The number of aromatic nitrogens is 1. The van der Waals surface area contributed by atoms with Crippen molar-refractivity contribution in [1.29, 1.82) is 0 Å². The molecule has 0 amide bonds. The first-order valence-corrected chi connectivity index (χ1v) is 7.86. The fourth-order valence-electron chi connectivity index (χ4n) is 2.87. The Morgan fingerprint density at radius 1 is 1.04 bits per heavy atom. The number of rotatable bonds is 4. The number of pyridine rings is 1. The van der Waals surface area contributed by atoms with Crippen LogP contribution >= 0.6 is 0 Å². The van der Waals surface area contributed by atoms with Crippen LogP contribution in [-0.2, 0) is 6.61 Å². The molecule has 23 heavy (non-hydrogen) atoms. The lowest BCUT2D eigenvalue weighted by Crippen LogP contribution is -2.04. The second kappa shape index (κ2) is 6.29. The van der Waals surface area contributed by atoms with E-state index < -0.39 is 0 Å². The molecule has 118 valence electrons. The minimum Gasteiger partial charge on any atom is -0.487 e. The number of hydrogen-bond donors (Lipinski definition) is 1. The van der Waals surface area contributed by atoms with Crippen molar-refractivity contribution < 1.29 is 4.74 Å². The lowest BCUT2D eigenvalue weighted by molar-refractivity contribution is 0.301. The van der Waals surface area contributed by atoms with Crippen molar-refractivity contribution in [1.82, 2.24) is 4.98 Å². The van der Waals surface area contributed by atoms with Gasteiger partial charge in [0, 0.05) is 18.1 Å². The van der Waals surface area contributed by atoms with Crippen LogP contribution in [0.1, 0.15) is 22.4 Å². The van der Waals surface area contributed by atoms with Crippen LogP contribution in [0.15, 0.2) is 42.5 Å². The summed E-state index contributed by atoms with van der Waals surface area (Å²) in [6.45, 7) is 6.79. The van der Waals surface area contributed by atoms with Crippen molar-refractivity contribution >= 4 is 16.6 Å². The summed E-state index contributed by atoms with van der Waals surface area (Å²) in [6.07, 6.45) is 0. The van der Waals surface area contributed by atoms with Crippen LogP contribution in [0.5, 0.6) is 5.75 Å². The Bertz CT molecular complexity index is 856. The molecule has 2 aromatic carbocycles. The average Bonchev–Trinajstić information content (AvgIpc) is 2.55. The molecule has 1 N–H and O–H groups in total. The fraction of sp³-hybridized carbons (Fsp3) is 0.250. The summed E-state index contributed by atoms with van der Waals surface area (Å²) < 4.78 is 6.10. The molecule has 3 nitrogen and oxygen atoms in total. The summed E-state index contributed by atoms with van der Waals surface area (Å²) in [7, 11) is 1.94. The molecule has 3 aromatic rings. The molecule has 0 aliphatic rings. The predicted molar refractivity (Wildman–Crippen MR) is 96.3 cm³/mol. The first-order chi connectivity index (χ1) is 11.1. The third kappa shape index (κ3) is 3.00. The second-order valence-corrected chi connectivity index (χ2v) is 5.84. The highest BCUT2D eigenvalue weighted by Gasteiger charge is 2.10. The zero-order valence-corrected chi connectivity index (χ0v) is 14.1. The number of aryl methyl sites for hydroxylation is 2. The molecule has 0 unspecified atom stereocenters. The quantitative estimate of drug-likeness (QED) is 0.753. The van der Waals surface area contributed by atoms with E-state index in [4.69, 9.17) is 4.74 Å². The zero-order chi connectivity index (χ0) is 16.4. The number of hydrogen-bond acceptors (Lipinski definition) is 3. The number of para-hydroxylation sites is 1. The molecule has 0 fully saturated rings. The van der Waals surface area contributed by atoms with E-state index in [1.54, 1.807) is 0 Å². The van der Waals surface area contributed by atoms with Crippen molar-refractivity contribution in [2.24, 2.45) is 0 Å². The molecule has 0 bridgehead atoms. The van der Waals surface area contributed by atoms with E-state index in [2.05, 4.69) is 48.4 Å². The maximum atomic E-state index is 6.10. The molecule has 0 saturated carbocycles. The molecule has 0 aliphatic heterocycles. The van der Waals surface area contributed by atoms with Gasteiger partial charge in [-0.05, 0) is 55.7 Å². The number of nitrogens with one attached hydrogen (secondary N) is 1. The summed E-state index contributed by atoms with van der Waals surface area (Å²) in [5.74, 6) is 0.845. The van der Waals surface area contributed by atoms with Gasteiger partial charge in [0.1, 0.15) is 12.4 Å². The molecule has 1 aromatic heterocycles. The van der Waals surface area contributed by atoms with Crippen LogP contribution in [-0.4, -0.2) is 12.0 Å². The molecule has 0 atom stereocenters. The summed E-state index contributed by atoms with van der Waals surface area (Å²) >= 11 is 0. The number of ether oxygens (including phenoxy) is 1. The monoisotopic (exact) mass is 306 g/mol. The SMILES string of the molecule is CNc1ccc(C)c(COc2cc3ccccc3nc2C)c1C. The Hall–Kier alpha value is -2.55. The minimum atomic E-state index is 0.550. The molecule has 0 aliphatic carbocycles. The van der Waals surface area contributed by atoms with Gasteiger partial charge in [0.05, 0.1) is 11.2 Å². The van der Waals surface area contributed by atoms with E-state index >= 15 is 0 Å². The van der Waals surface area contributed by atoms with Crippen LogP contribution in [0.2, 0.25) is 0 Å². The van der Waals surface area contributed by atoms with Gasteiger partial charge < -0.3 is 10.1 Å². The first kappa shape index (κ1) is 15.3. The first-order valence-electron chi connectivity index (χ1n) is 7.86. The highest BCUT2D eigenvalue weighted by molar-refractivity contribution is 5.80. The molecule has 1 heterocycles. The van der Waals surface area contributed by atoms with Crippen molar-refractivity contribution in [3.8, 4) is 5.75 Å². The second-order valence-electron chi connectivity index (χ2n) is 5.84. The van der Waals surface area contributed by atoms with Crippen LogP contribution in [0.25, 0.3) is 10.9 Å². The van der Waals surface area contributed by atoms with E-state index in [1.807, 2.05) is 32.2 Å². The average molecular weight is 306 g/mol. The number of benzene rings is 2. The Morgan fingerprint density at radius 2 is 1.83 bits per heavy atom. The molecular weight excluding hydrogens is 284 g/mol. The number of anilines is 1. The van der Waals surface area contributed by atoms with Gasteiger partial charge in [-0.25, -0.2) is 4.98 Å². The van der Waals surface area contributed by atoms with E-state index in [-0.39, 0.29) is 0 Å². The summed E-state index contributed by atoms with van der Waals surface area (Å²) in [5.41, 5.74) is 6.77. The van der Waals surface area contributed by atoms with Crippen LogP contribution < -0.4 is 10.1 Å². The number of nitrogens with zero attached hydrogens (tertiary/aromatic N) is 1. The van der Waals surface area contributed by atoms with Gasteiger partial charge in [-0.15, -0.1) is 0 Å². The molecule has 3 rings (SSSR count). The third-order valence-electron chi connectivity index (χ3n) is 4.34. The lowest BCUT2D eigenvalue weighted by Gasteiger charge is -2.16. The van der Waals surface area contributed by atoms with Gasteiger partial charge in [-0.3, -0.25) is 0 Å².